The average Bonchev–Trinajstić information content (AvgIpc) is 2.17. The van der Waals surface area contributed by atoms with Gasteiger partial charge in [-0.15, -0.1) is 0 Å². The van der Waals surface area contributed by atoms with Crippen LogP contribution >= 0.6 is 0 Å². The topological polar surface area (TPSA) is 83.0 Å². The number of nitriles is 1. The molecule has 0 aliphatic carbocycles. The summed E-state index contributed by atoms with van der Waals surface area (Å²) in [7, 11) is 1.69. The van der Waals surface area contributed by atoms with E-state index in [2.05, 4.69) is 4.98 Å². The Hall–Kier alpha value is -2.09. The lowest BCUT2D eigenvalue weighted by molar-refractivity contribution is -0.116. The SMILES string of the molecule is CN(CC(N)=O)c1cc(C#N)ccn1. The molecule has 0 atom stereocenters. The zero-order valence-electron chi connectivity index (χ0n) is 7.77. The molecule has 0 unspecified atom stereocenters. The normalized spacial score (nSPS) is 9.14. The fourth-order valence-electron chi connectivity index (χ4n) is 1.01. The lowest BCUT2D eigenvalue weighted by Gasteiger charge is -2.15. The molecule has 1 amide bonds. The van der Waals surface area contributed by atoms with Crippen molar-refractivity contribution in [3.05, 3.63) is 23.9 Å². The maximum Gasteiger partial charge on any atom is 0.236 e. The zero-order valence-corrected chi connectivity index (χ0v) is 7.77. The van der Waals surface area contributed by atoms with Gasteiger partial charge in [0.15, 0.2) is 0 Å². The summed E-state index contributed by atoms with van der Waals surface area (Å²) in [5.74, 6) is 0.125. The van der Waals surface area contributed by atoms with Crippen molar-refractivity contribution in [1.82, 2.24) is 4.98 Å². The molecule has 1 aromatic heterocycles. The molecule has 5 nitrogen and oxygen atoms in total. The van der Waals surface area contributed by atoms with Crippen molar-refractivity contribution >= 4 is 11.7 Å². The van der Waals surface area contributed by atoms with Crippen LogP contribution in [-0.4, -0.2) is 24.5 Å². The highest BCUT2D eigenvalue weighted by Gasteiger charge is 2.05. The standard InChI is InChI=1S/C9H10N4O/c1-13(6-8(11)14)9-4-7(5-10)2-3-12-9/h2-4H,6H2,1H3,(H2,11,14). The van der Waals surface area contributed by atoms with Gasteiger partial charge >= 0.3 is 0 Å². The van der Waals surface area contributed by atoms with E-state index in [1.54, 1.807) is 24.1 Å². The first-order valence-electron chi connectivity index (χ1n) is 3.99. The van der Waals surface area contributed by atoms with E-state index >= 15 is 0 Å². The van der Waals surface area contributed by atoms with E-state index in [0.29, 0.717) is 11.4 Å². The van der Waals surface area contributed by atoms with Gasteiger partial charge in [0, 0.05) is 13.2 Å². The molecule has 0 bridgehead atoms. The number of rotatable bonds is 3. The van der Waals surface area contributed by atoms with Crippen LogP contribution in [0.1, 0.15) is 5.56 Å². The summed E-state index contributed by atoms with van der Waals surface area (Å²) < 4.78 is 0. The van der Waals surface area contributed by atoms with Gasteiger partial charge in [-0.25, -0.2) is 4.98 Å². The molecule has 1 heterocycles. The highest BCUT2D eigenvalue weighted by atomic mass is 16.1. The molecule has 0 aliphatic rings. The number of likely N-dealkylation sites (N-methyl/N-ethyl adjacent to an activating group) is 1. The fourth-order valence-corrected chi connectivity index (χ4v) is 1.01. The second kappa shape index (κ2) is 4.23. The van der Waals surface area contributed by atoms with Gasteiger partial charge in [-0.3, -0.25) is 4.79 Å². The van der Waals surface area contributed by atoms with Crippen LogP contribution in [-0.2, 0) is 4.79 Å². The first kappa shape index (κ1) is 9.99. The van der Waals surface area contributed by atoms with Crippen molar-refractivity contribution in [2.45, 2.75) is 0 Å². The minimum Gasteiger partial charge on any atom is -0.368 e. The Bertz CT molecular complexity index is 383. The van der Waals surface area contributed by atoms with Gasteiger partial charge in [-0.1, -0.05) is 0 Å². The van der Waals surface area contributed by atoms with Gasteiger partial charge in [0.05, 0.1) is 18.2 Å². The first-order chi connectivity index (χ1) is 6.63. The van der Waals surface area contributed by atoms with Crippen LogP contribution in [0.5, 0.6) is 0 Å². The molecule has 0 aromatic carbocycles. The summed E-state index contributed by atoms with van der Waals surface area (Å²) >= 11 is 0. The number of primary amides is 1. The number of hydrogen-bond acceptors (Lipinski definition) is 4. The van der Waals surface area contributed by atoms with E-state index in [-0.39, 0.29) is 6.54 Å². The smallest absolute Gasteiger partial charge is 0.236 e. The van der Waals surface area contributed by atoms with E-state index < -0.39 is 5.91 Å². The molecular weight excluding hydrogens is 180 g/mol. The molecule has 1 aromatic rings. The third-order valence-corrected chi connectivity index (χ3v) is 1.66. The number of pyridine rings is 1. The van der Waals surface area contributed by atoms with Crippen LogP contribution < -0.4 is 10.6 Å². The molecule has 0 radical (unpaired) electrons. The molecule has 1 rings (SSSR count). The van der Waals surface area contributed by atoms with E-state index in [0.717, 1.165) is 0 Å². The number of hydrogen-bond donors (Lipinski definition) is 1. The Kier molecular flexibility index (Phi) is 3.02. The van der Waals surface area contributed by atoms with Crippen molar-refractivity contribution in [2.75, 3.05) is 18.5 Å². The minimum absolute atomic E-state index is 0.0852. The van der Waals surface area contributed by atoms with Gasteiger partial charge in [0.2, 0.25) is 5.91 Å². The predicted molar refractivity (Wildman–Crippen MR) is 51.4 cm³/mol. The number of carbonyl (C=O) groups excluding carboxylic acids is 1. The molecule has 0 fully saturated rings. The largest absolute Gasteiger partial charge is 0.368 e. The fraction of sp³-hybridized carbons (Fsp3) is 0.222. The van der Waals surface area contributed by atoms with Crippen LogP contribution in [0.4, 0.5) is 5.82 Å². The van der Waals surface area contributed by atoms with E-state index in [1.165, 1.54) is 6.20 Å². The summed E-state index contributed by atoms with van der Waals surface area (Å²) in [6, 6.07) is 5.19. The van der Waals surface area contributed by atoms with Crippen LogP contribution in [0.2, 0.25) is 0 Å². The van der Waals surface area contributed by atoms with Crippen LogP contribution in [0, 0.1) is 11.3 Å². The third-order valence-electron chi connectivity index (χ3n) is 1.66. The van der Waals surface area contributed by atoms with Crippen molar-refractivity contribution in [2.24, 2.45) is 5.73 Å². The summed E-state index contributed by atoms with van der Waals surface area (Å²) in [5, 5.41) is 8.64. The van der Waals surface area contributed by atoms with Crippen molar-refractivity contribution in [1.29, 1.82) is 5.26 Å². The number of nitrogens with zero attached hydrogens (tertiary/aromatic N) is 3. The van der Waals surface area contributed by atoms with Gasteiger partial charge < -0.3 is 10.6 Å². The molecule has 0 saturated heterocycles. The molecule has 0 spiro atoms. The minimum atomic E-state index is -0.434. The number of aromatic nitrogens is 1. The van der Waals surface area contributed by atoms with Gasteiger partial charge in [-0.05, 0) is 12.1 Å². The van der Waals surface area contributed by atoms with Crippen molar-refractivity contribution in [3.8, 4) is 6.07 Å². The summed E-state index contributed by atoms with van der Waals surface area (Å²) in [4.78, 5) is 16.2. The Balaban J connectivity index is 2.85. The van der Waals surface area contributed by atoms with Crippen molar-refractivity contribution in [3.63, 3.8) is 0 Å². The highest BCUT2D eigenvalue weighted by molar-refractivity contribution is 5.79. The number of carbonyl (C=O) groups is 1. The monoisotopic (exact) mass is 190 g/mol. The molecule has 72 valence electrons. The maximum absolute atomic E-state index is 10.6. The van der Waals surface area contributed by atoms with Crippen LogP contribution in [0.15, 0.2) is 18.3 Å². The average molecular weight is 190 g/mol. The van der Waals surface area contributed by atoms with Gasteiger partial charge in [0.25, 0.3) is 0 Å². The highest BCUT2D eigenvalue weighted by Crippen LogP contribution is 2.09. The van der Waals surface area contributed by atoms with Gasteiger partial charge in [0.1, 0.15) is 5.82 Å². The second-order valence-corrected chi connectivity index (χ2v) is 2.84. The van der Waals surface area contributed by atoms with Crippen molar-refractivity contribution < 1.29 is 4.79 Å². The predicted octanol–water partition coefficient (Wildman–Crippen LogP) is -0.125. The summed E-state index contributed by atoms with van der Waals surface area (Å²) in [6.45, 7) is 0.0852. The van der Waals surface area contributed by atoms with E-state index in [4.69, 9.17) is 11.0 Å². The van der Waals surface area contributed by atoms with E-state index in [1.807, 2.05) is 6.07 Å². The number of anilines is 1. The summed E-state index contributed by atoms with van der Waals surface area (Å²) in [6.07, 6.45) is 1.52. The lowest BCUT2D eigenvalue weighted by atomic mass is 10.3. The molecule has 14 heavy (non-hydrogen) atoms. The second-order valence-electron chi connectivity index (χ2n) is 2.84. The molecule has 0 saturated carbocycles. The van der Waals surface area contributed by atoms with Crippen LogP contribution in [0.3, 0.4) is 0 Å². The molecule has 2 N–H and O–H groups in total. The number of nitrogens with two attached hydrogens (primary N) is 1. The number of amides is 1. The van der Waals surface area contributed by atoms with E-state index in [9.17, 15) is 4.79 Å². The van der Waals surface area contributed by atoms with Gasteiger partial charge in [-0.2, -0.15) is 5.26 Å². The zero-order chi connectivity index (χ0) is 10.6. The first-order valence-corrected chi connectivity index (χ1v) is 3.99. The molecule has 5 heteroatoms. The Labute approximate surface area is 81.8 Å². The Morgan fingerprint density at radius 2 is 2.50 bits per heavy atom. The lowest BCUT2D eigenvalue weighted by Crippen LogP contribution is -2.31. The third kappa shape index (κ3) is 2.45. The molecule has 0 aliphatic heterocycles. The molecular formula is C9H10N4O. The Morgan fingerprint density at radius 3 is 3.07 bits per heavy atom. The Morgan fingerprint density at radius 1 is 1.79 bits per heavy atom. The summed E-state index contributed by atoms with van der Waals surface area (Å²) in [5.41, 5.74) is 5.53. The quantitative estimate of drug-likeness (QED) is 0.720. The maximum atomic E-state index is 10.6. The van der Waals surface area contributed by atoms with Crippen LogP contribution in [0.25, 0.3) is 0 Å².